The molecule has 3 aromatic rings. The Morgan fingerprint density at radius 3 is 2.91 bits per heavy atom. The van der Waals surface area contributed by atoms with E-state index in [0.29, 0.717) is 11.4 Å². The summed E-state index contributed by atoms with van der Waals surface area (Å²) in [6.45, 7) is 1.89. The molecule has 0 aliphatic heterocycles. The quantitative estimate of drug-likeness (QED) is 0.772. The molecule has 0 atom stereocenters. The lowest BCUT2D eigenvalue weighted by Gasteiger charge is -2.06. The van der Waals surface area contributed by atoms with Crippen molar-refractivity contribution in [2.45, 2.75) is 6.92 Å². The van der Waals surface area contributed by atoms with Crippen molar-refractivity contribution in [3.63, 3.8) is 0 Å². The molecule has 0 saturated carbocycles. The largest absolute Gasteiger partial charge is 0.328 e. The molecule has 1 N–H and O–H groups in total. The number of hydrogen-bond donors (Lipinski definition) is 1. The van der Waals surface area contributed by atoms with E-state index in [1.54, 1.807) is 6.07 Å². The summed E-state index contributed by atoms with van der Waals surface area (Å²) >= 11 is 3.37. The minimum atomic E-state index is -0.479. The van der Waals surface area contributed by atoms with Crippen molar-refractivity contribution >= 4 is 27.5 Å². The van der Waals surface area contributed by atoms with Gasteiger partial charge in [0.05, 0.1) is 6.20 Å². The maximum absolute atomic E-state index is 12.1. The first kappa shape index (κ1) is 14.3. The first-order chi connectivity index (χ1) is 10.6. The van der Waals surface area contributed by atoms with Gasteiger partial charge in [-0.3, -0.25) is 9.78 Å². The lowest BCUT2D eigenvalue weighted by atomic mass is 10.2. The van der Waals surface area contributed by atoms with Crippen molar-refractivity contribution in [3.8, 4) is 11.5 Å². The number of aryl methyl sites for hydroxylation is 1. The highest BCUT2D eigenvalue weighted by atomic mass is 79.9. The molecule has 0 saturated heterocycles. The maximum Gasteiger partial charge on any atom is 0.316 e. The summed E-state index contributed by atoms with van der Waals surface area (Å²) in [6.07, 6.45) is 4.54. The van der Waals surface area contributed by atoms with E-state index >= 15 is 0 Å². The van der Waals surface area contributed by atoms with E-state index < -0.39 is 5.91 Å². The number of benzene rings is 1. The van der Waals surface area contributed by atoms with Gasteiger partial charge in [-0.1, -0.05) is 21.1 Å². The molecule has 0 bridgehead atoms. The molecule has 7 nitrogen and oxygen atoms in total. The fourth-order valence-electron chi connectivity index (χ4n) is 1.78. The Balaban J connectivity index is 1.80. The Morgan fingerprint density at radius 2 is 2.18 bits per heavy atom. The van der Waals surface area contributed by atoms with Crippen LogP contribution >= 0.6 is 15.9 Å². The molecular formula is C14H10BrN5O2. The maximum atomic E-state index is 12.1. The fourth-order valence-corrected chi connectivity index (χ4v) is 2.25. The van der Waals surface area contributed by atoms with Crippen LogP contribution in [-0.2, 0) is 0 Å². The van der Waals surface area contributed by atoms with E-state index in [4.69, 9.17) is 4.52 Å². The molecule has 8 heteroatoms. The van der Waals surface area contributed by atoms with Crippen LogP contribution in [0.5, 0.6) is 0 Å². The third-order valence-electron chi connectivity index (χ3n) is 2.85. The molecule has 1 amide bonds. The molecule has 0 unspecified atom stereocenters. The summed E-state index contributed by atoms with van der Waals surface area (Å²) in [5.74, 6) is -0.401. The molecule has 110 valence electrons. The van der Waals surface area contributed by atoms with E-state index in [1.165, 1.54) is 18.6 Å². The van der Waals surface area contributed by atoms with Gasteiger partial charge >= 0.3 is 11.8 Å². The molecule has 0 aliphatic carbocycles. The minimum Gasteiger partial charge on any atom is -0.328 e. The average molecular weight is 360 g/mol. The molecule has 2 heterocycles. The van der Waals surface area contributed by atoms with Crippen LogP contribution in [0.1, 0.15) is 16.2 Å². The molecule has 0 spiro atoms. The van der Waals surface area contributed by atoms with Crippen LogP contribution < -0.4 is 5.32 Å². The van der Waals surface area contributed by atoms with Crippen molar-refractivity contribution in [1.29, 1.82) is 0 Å². The molecule has 1 aromatic carbocycles. The minimum absolute atomic E-state index is 0.136. The normalized spacial score (nSPS) is 10.5. The number of anilines is 1. The van der Waals surface area contributed by atoms with Crippen molar-refractivity contribution in [1.82, 2.24) is 20.1 Å². The standard InChI is InChI=1S/C14H10BrN5O2/c1-8-6-9(15)2-3-10(8)18-13(21)14-19-12(20-22-14)11-7-16-4-5-17-11/h2-7H,1H3,(H,18,21). The highest BCUT2D eigenvalue weighted by molar-refractivity contribution is 9.10. The van der Waals surface area contributed by atoms with Crippen molar-refractivity contribution in [2.24, 2.45) is 0 Å². The van der Waals surface area contributed by atoms with Crippen LogP contribution in [0, 0.1) is 6.92 Å². The van der Waals surface area contributed by atoms with Gasteiger partial charge in [0.1, 0.15) is 5.69 Å². The van der Waals surface area contributed by atoms with Crippen molar-refractivity contribution < 1.29 is 9.32 Å². The number of hydrogen-bond acceptors (Lipinski definition) is 6. The molecule has 3 rings (SSSR count). The van der Waals surface area contributed by atoms with Crippen LogP contribution in [0.3, 0.4) is 0 Å². The average Bonchev–Trinajstić information content (AvgIpc) is 3.01. The number of nitrogens with zero attached hydrogens (tertiary/aromatic N) is 4. The Hall–Kier alpha value is -2.61. The van der Waals surface area contributed by atoms with E-state index in [9.17, 15) is 4.79 Å². The van der Waals surface area contributed by atoms with Gasteiger partial charge in [0.15, 0.2) is 0 Å². The van der Waals surface area contributed by atoms with Crippen LogP contribution in [0.15, 0.2) is 45.8 Å². The van der Waals surface area contributed by atoms with E-state index in [1.807, 2.05) is 19.1 Å². The van der Waals surface area contributed by atoms with Crippen molar-refractivity contribution in [2.75, 3.05) is 5.32 Å². The van der Waals surface area contributed by atoms with Crippen LogP contribution in [0.2, 0.25) is 0 Å². The molecule has 2 aromatic heterocycles. The third-order valence-corrected chi connectivity index (χ3v) is 3.34. The second-order valence-corrected chi connectivity index (χ2v) is 5.34. The highest BCUT2D eigenvalue weighted by Crippen LogP contribution is 2.20. The summed E-state index contributed by atoms with van der Waals surface area (Å²) in [5, 5.41) is 6.46. The number of aromatic nitrogens is 4. The van der Waals surface area contributed by atoms with E-state index in [-0.39, 0.29) is 11.7 Å². The topological polar surface area (TPSA) is 93.8 Å². The Labute approximate surface area is 133 Å². The fraction of sp³-hybridized carbons (Fsp3) is 0.0714. The van der Waals surface area contributed by atoms with E-state index in [2.05, 4.69) is 41.4 Å². The van der Waals surface area contributed by atoms with Gasteiger partial charge in [0.25, 0.3) is 0 Å². The van der Waals surface area contributed by atoms with Gasteiger partial charge in [0.2, 0.25) is 5.82 Å². The van der Waals surface area contributed by atoms with Crippen LogP contribution in [0.4, 0.5) is 5.69 Å². The van der Waals surface area contributed by atoms with Crippen molar-refractivity contribution in [3.05, 3.63) is 52.7 Å². The van der Waals surface area contributed by atoms with Gasteiger partial charge in [-0.2, -0.15) is 4.98 Å². The first-order valence-electron chi connectivity index (χ1n) is 6.31. The van der Waals surface area contributed by atoms with Gasteiger partial charge in [-0.15, -0.1) is 0 Å². The number of amides is 1. The Bertz CT molecular complexity index is 819. The predicted molar refractivity (Wildman–Crippen MR) is 82.2 cm³/mol. The highest BCUT2D eigenvalue weighted by Gasteiger charge is 2.17. The summed E-state index contributed by atoms with van der Waals surface area (Å²) in [5.41, 5.74) is 2.02. The Morgan fingerprint density at radius 1 is 1.32 bits per heavy atom. The molecular weight excluding hydrogens is 350 g/mol. The first-order valence-corrected chi connectivity index (χ1v) is 7.10. The third kappa shape index (κ3) is 3.01. The number of rotatable bonds is 3. The number of carbonyl (C=O) groups excluding carboxylic acids is 1. The van der Waals surface area contributed by atoms with Gasteiger partial charge in [0, 0.05) is 22.6 Å². The Kier molecular flexibility index (Phi) is 3.92. The summed E-state index contributed by atoms with van der Waals surface area (Å²) in [6, 6.07) is 5.52. The monoisotopic (exact) mass is 359 g/mol. The second kappa shape index (κ2) is 6.02. The zero-order chi connectivity index (χ0) is 15.5. The lowest BCUT2D eigenvalue weighted by molar-refractivity contribution is 0.0981. The molecule has 0 radical (unpaired) electrons. The molecule has 0 aliphatic rings. The number of carbonyl (C=O) groups is 1. The van der Waals surface area contributed by atoms with E-state index in [0.717, 1.165) is 10.0 Å². The zero-order valence-electron chi connectivity index (χ0n) is 11.4. The van der Waals surface area contributed by atoms with Crippen LogP contribution in [0.25, 0.3) is 11.5 Å². The van der Waals surface area contributed by atoms with Crippen LogP contribution in [-0.4, -0.2) is 26.0 Å². The van der Waals surface area contributed by atoms with Gasteiger partial charge < -0.3 is 9.84 Å². The number of halogens is 1. The SMILES string of the molecule is Cc1cc(Br)ccc1NC(=O)c1nc(-c2cnccn2)no1. The smallest absolute Gasteiger partial charge is 0.316 e. The zero-order valence-corrected chi connectivity index (χ0v) is 13.0. The summed E-state index contributed by atoms with van der Waals surface area (Å²) in [7, 11) is 0. The molecule has 22 heavy (non-hydrogen) atoms. The molecule has 0 fully saturated rings. The van der Waals surface area contributed by atoms with Gasteiger partial charge in [-0.05, 0) is 30.7 Å². The number of nitrogens with one attached hydrogen (secondary N) is 1. The summed E-state index contributed by atoms with van der Waals surface area (Å²) < 4.78 is 5.90. The second-order valence-electron chi connectivity index (χ2n) is 4.43. The lowest BCUT2D eigenvalue weighted by Crippen LogP contribution is -2.13. The summed E-state index contributed by atoms with van der Waals surface area (Å²) in [4.78, 5) is 24.1. The predicted octanol–water partition coefficient (Wildman–Crippen LogP) is 2.85. The van der Waals surface area contributed by atoms with Gasteiger partial charge in [-0.25, -0.2) is 4.98 Å².